The Kier molecular flexibility index (Phi) is 3.82. The van der Waals surface area contributed by atoms with Crippen LogP contribution in [-0.2, 0) is 0 Å². The van der Waals surface area contributed by atoms with Gasteiger partial charge in [-0.15, -0.1) is 0 Å². The van der Waals surface area contributed by atoms with Crippen LogP contribution >= 0.6 is 11.6 Å². The fraction of sp³-hybridized carbons (Fsp3) is 0.417. The number of hydrogen-bond donors (Lipinski definition) is 1. The van der Waals surface area contributed by atoms with Crippen LogP contribution < -0.4 is 15.2 Å². The number of alkyl halides is 1. The van der Waals surface area contributed by atoms with Crippen LogP contribution in [0.25, 0.3) is 0 Å². The minimum absolute atomic E-state index is 0.395. The van der Waals surface area contributed by atoms with E-state index < -0.39 is 19.0 Å². The summed E-state index contributed by atoms with van der Waals surface area (Å²) >= 11 is 6.14. The molecule has 1 saturated heterocycles. The summed E-state index contributed by atoms with van der Waals surface area (Å²) in [4.78, 5) is 13.1. The van der Waals surface area contributed by atoms with Gasteiger partial charge in [0, 0.05) is 6.07 Å². The van der Waals surface area contributed by atoms with Gasteiger partial charge in [0.05, 0.1) is 17.8 Å². The van der Waals surface area contributed by atoms with Crippen LogP contribution in [0.15, 0.2) is 12.1 Å². The van der Waals surface area contributed by atoms with Gasteiger partial charge in [-0.05, 0) is 25.5 Å². The summed E-state index contributed by atoms with van der Waals surface area (Å²) in [6.45, 7) is 2.69. The van der Waals surface area contributed by atoms with Crippen LogP contribution in [0.3, 0.4) is 0 Å². The molecule has 1 aromatic rings. The van der Waals surface area contributed by atoms with Crippen LogP contribution in [0.1, 0.15) is 12.5 Å². The number of rotatable bonds is 3. The molecule has 0 bridgehead atoms. The van der Waals surface area contributed by atoms with Gasteiger partial charge in [0.2, 0.25) is 0 Å². The summed E-state index contributed by atoms with van der Waals surface area (Å²) < 4.78 is 18.0. The van der Waals surface area contributed by atoms with E-state index in [0.717, 1.165) is 10.5 Å². The van der Waals surface area contributed by atoms with E-state index >= 15 is 0 Å². The number of nitrogens with zero attached hydrogens (tertiary/aromatic N) is 2. The molecule has 1 fully saturated rings. The lowest BCUT2D eigenvalue weighted by Crippen LogP contribution is -2.36. The number of nitrogens with one attached hydrogen (secondary N) is 1. The van der Waals surface area contributed by atoms with Gasteiger partial charge in [-0.25, -0.2) is 19.6 Å². The van der Waals surface area contributed by atoms with Crippen molar-refractivity contribution < 1.29 is 13.9 Å². The van der Waals surface area contributed by atoms with Crippen molar-refractivity contribution in [1.82, 2.24) is 10.3 Å². The predicted molar refractivity (Wildman–Crippen MR) is 71.0 cm³/mol. The fourth-order valence-electron chi connectivity index (χ4n) is 1.97. The average Bonchev–Trinajstić information content (AvgIpc) is 2.64. The summed E-state index contributed by atoms with van der Waals surface area (Å²) in [6.07, 6.45) is -0.430. The molecule has 104 valence electrons. The monoisotopic (exact) mass is 287 g/mol. The van der Waals surface area contributed by atoms with E-state index in [4.69, 9.17) is 16.3 Å². The van der Waals surface area contributed by atoms with Crippen LogP contribution in [0.5, 0.6) is 5.75 Å². The lowest BCUT2D eigenvalue weighted by Gasteiger charge is -2.18. The molecule has 0 aliphatic carbocycles. The highest BCUT2D eigenvalue weighted by Gasteiger charge is 2.36. The largest absolute Gasteiger partial charge is 0.496 e. The molecule has 1 unspecified atom stereocenters. The second-order valence-electron chi connectivity index (χ2n) is 4.29. The number of hydrogen-bond acceptors (Lipinski definition) is 3. The molecule has 2 amide bonds. The Morgan fingerprint density at radius 1 is 1.53 bits per heavy atom. The minimum atomic E-state index is -0.857. The summed E-state index contributed by atoms with van der Waals surface area (Å²) in [6, 6.07) is 2.87. The molecule has 1 aromatic carbocycles. The van der Waals surface area contributed by atoms with Gasteiger partial charge in [0.25, 0.3) is 0 Å². The molecular formula is C12H15ClFN3O2. The van der Waals surface area contributed by atoms with E-state index in [2.05, 4.69) is 5.43 Å². The number of halogens is 2. The molecular weight excluding hydrogens is 273 g/mol. The third-order valence-corrected chi connectivity index (χ3v) is 3.36. The Morgan fingerprint density at radius 2 is 2.21 bits per heavy atom. The van der Waals surface area contributed by atoms with Crippen molar-refractivity contribution in [2.45, 2.75) is 20.0 Å². The Hall–Kier alpha value is -1.53. The number of amides is 2. The smallest absolute Gasteiger partial charge is 0.342 e. The molecule has 1 aliphatic rings. The second kappa shape index (κ2) is 5.22. The Morgan fingerprint density at radius 3 is 2.74 bits per heavy atom. The summed E-state index contributed by atoms with van der Waals surface area (Å²) in [7, 11) is 1.54. The first kappa shape index (κ1) is 13.9. The molecule has 0 radical (unpaired) electrons. The number of anilines is 1. The van der Waals surface area contributed by atoms with E-state index in [0.29, 0.717) is 16.5 Å². The number of hydrazine groups is 1. The maximum atomic E-state index is 12.8. The molecule has 5 nitrogen and oxygen atoms in total. The number of benzene rings is 1. The molecule has 1 heterocycles. The number of ether oxygens (including phenoxy) is 1. The highest BCUT2D eigenvalue weighted by Crippen LogP contribution is 2.34. The SMILES string of the molecule is COc1cc(N2NC(C)N(CF)C2=O)c(Cl)cc1C. The highest BCUT2D eigenvalue weighted by molar-refractivity contribution is 6.34. The fourth-order valence-corrected chi connectivity index (χ4v) is 2.27. The van der Waals surface area contributed by atoms with Crippen LogP contribution in [0.2, 0.25) is 5.02 Å². The van der Waals surface area contributed by atoms with Gasteiger partial charge in [0.1, 0.15) is 11.9 Å². The molecule has 0 spiro atoms. The standard InChI is InChI=1S/C12H15ClFN3O2/c1-7-4-9(13)10(5-11(7)19-3)17-12(18)16(6-14)8(2)15-17/h4-5,8,15H,6H2,1-3H3. The van der Waals surface area contributed by atoms with Gasteiger partial charge in [-0.3, -0.25) is 4.90 Å². The van der Waals surface area contributed by atoms with Crippen LogP contribution in [-0.4, -0.2) is 31.0 Å². The van der Waals surface area contributed by atoms with E-state index in [9.17, 15) is 9.18 Å². The van der Waals surface area contributed by atoms with Gasteiger partial charge >= 0.3 is 6.03 Å². The minimum Gasteiger partial charge on any atom is -0.496 e. The Balaban J connectivity index is 2.40. The Labute approximate surface area is 115 Å². The average molecular weight is 288 g/mol. The van der Waals surface area contributed by atoms with Crippen molar-refractivity contribution in [3.8, 4) is 5.75 Å². The van der Waals surface area contributed by atoms with Gasteiger partial charge in [-0.1, -0.05) is 11.6 Å². The third kappa shape index (κ3) is 2.33. The molecule has 7 heteroatoms. The number of carbonyl (C=O) groups excluding carboxylic acids is 1. The maximum Gasteiger partial charge on any atom is 0.342 e. The summed E-state index contributed by atoms with van der Waals surface area (Å²) in [5, 5.41) is 1.63. The number of carbonyl (C=O) groups is 1. The maximum absolute atomic E-state index is 12.8. The predicted octanol–water partition coefficient (Wildman–Crippen LogP) is 2.68. The zero-order valence-electron chi connectivity index (χ0n) is 10.9. The zero-order valence-corrected chi connectivity index (χ0v) is 11.7. The number of urea groups is 1. The second-order valence-corrected chi connectivity index (χ2v) is 4.69. The molecule has 2 rings (SSSR count). The lowest BCUT2D eigenvalue weighted by molar-refractivity contribution is 0.171. The van der Waals surface area contributed by atoms with Crippen molar-refractivity contribution >= 4 is 23.3 Å². The normalized spacial score (nSPS) is 19.2. The van der Waals surface area contributed by atoms with Crippen molar-refractivity contribution in [2.75, 3.05) is 18.9 Å². The van der Waals surface area contributed by atoms with Crippen molar-refractivity contribution in [3.05, 3.63) is 22.7 Å². The lowest BCUT2D eigenvalue weighted by atomic mass is 10.2. The van der Waals surface area contributed by atoms with Crippen molar-refractivity contribution in [2.24, 2.45) is 0 Å². The summed E-state index contributed by atoms with van der Waals surface area (Å²) in [5.41, 5.74) is 4.16. The first-order chi connectivity index (χ1) is 8.99. The summed E-state index contributed by atoms with van der Waals surface area (Å²) in [5.74, 6) is 0.611. The topological polar surface area (TPSA) is 44.8 Å². The van der Waals surface area contributed by atoms with E-state index in [1.807, 2.05) is 6.92 Å². The van der Waals surface area contributed by atoms with E-state index in [1.165, 1.54) is 12.1 Å². The van der Waals surface area contributed by atoms with Gasteiger partial charge < -0.3 is 4.74 Å². The van der Waals surface area contributed by atoms with Crippen molar-refractivity contribution in [1.29, 1.82) is 0 Å². The molecule has 0 saturated carbocycles. The van der Waals surface area contributed by atoms with Gasteiger partial charge in [0.15, 0.2) is 6.80 Å². The highest BCUT2D eigenvalue weighted by atomic mass is 35.5. The zero-order chi connectivity index (χ0) is 14.2. The van der Waals surface area contributed by atoms with E-state index in [-0.39, 0.29) is 0 Å². The van der Waals surface area contributed by atoms with Gasteiger partial charge in [-0.2, -0.15) is 0 Å². The van der Waals surface area contributed by atoms with Crippen LogP contribution in [0.4, 0.5) is 14.9 Å². The Bertz CT molecular complexity index is 512. The first-order valence-electron chi connectivity index (χ1n) is 5.76. The molecule has 1 N–H and O–H groups in total. The molecule has 1 atom stereocenters. The van der Waals surface area contributed by atoms with Crippen molar-refractivity contribution in [3.63, 3.8) is 0 Å². The molecule has 19 heavy (non-hydrogen) atoms. The molecule has 0 aromatic heterocycles. The number of aryl methyl sites for hydroxylation is 1. The quantitative estimate of drug-likeness (QED) is 0.870. The third-order valence-electron chi connectivity index (χ3n) is 3.05. The van der Waals surface area contributed by atoms with E-state index in [1.54, 1.807) is 19.1 Å². The first-order valence-corrected chi connectivity index (χ1v) is 6.14. The van der Waals surface area contributed by atoms with Crippen LogP contribution in [0, 0.1) is 6.92 Å². The molecule has 1 aliphatic heterocycles. The number of methoxy groups -OCH3 is 1.